The Morgan fingerprint density at radius 2 is 2.10 bits per heavy atom. The Kier molecular flexibility index (Phi) is 3.13. The molecule has 2 aromatic carbocycles. The number of halogens is 2. The number of hydrogen-bond donors (Lipinski definition) is 0. The van der Waals surface area contributed by atoms with Crippen molar-refractivity contribution < 1.29 is 8.81 Å². The van der Waals surface area contributed by atoms with Gasteiger partial charge in [-0.25, -0.2) is 9.37 Å². The topological polar surface area (TPSA) is 49.8 Å². The maximum absolute atomic E-state index is 13.8. The summed E-state index contributed by atoms with van der Waals surface area (Å²) in [6.07, 6.45) is 0.0370. The number of benzene rings is 2. The molecule has 0 N–H and O–H groups in total. The molecule has 0 amide bonds. The molecule has 5 heteroatoms. The van der Waals surface area contributed by atoms with Crippen LogP contribution in [-0.2, 0) is 6.42 Å². The van der Waals surface area contributed by atoms with Crippen LogP contribution in [0.2, 0.25) is 5.02 Å². The molecule has 3 aromatic rings. The van der Waals surface area contributed by atoms with E-state index in [-0.39, 0.29) is 6.42 Å². The molecule has 3 rings (SSSR count). The lowest BCUT2D eigenvalue weighted by Gasteiger charge is -2.00. The predicted molar refractivity (Wildman–Crippen MR) is 73.7 cm³/mol. The summed E-state index contributed by atoms with van der Waals surface area (Å²) < 4.78 is 19.4. The van der Waals surface area contributed by atoms with Gasteiger partial charge in [-0.1, -0.05) is 17.7 Å². The summed E-state index contributed by atoms with van der Waals surface area (Å²) in [4.78, 5) is 4.28. The van der Waals surface area contributed by atoms with Crippen molar-refractivity contribution in [1.82, 2.24) is 4.98 Å². The number of oxazole rings is 1. The van der Waals surface area contributed by atoms with Gasteiger partial charge >= 0.3 is 0 Å². The number of hydrogen-bond acceptors (Lipinski definition) is 3. The first kappa shape index (κ1) is 12.6. The fourth-order valence-corrected chi connectivity index (χ4v) is 2.10. The highest BCUT2D eigenvalue weighted by atomic mass is 35.5. The molecular weight excluding hydrogens is 279 g/mol. The summed E-state index contributed by atoms with van der Waals surface area (Å²) in [5, 5.41) is 9.15. The van der Waals surface area contributed by atoms with Crippen LogP contribution in [0.4, 0.5) is 4.39 Å². The lowest BCUT2D eigenvalue weighted by Crippen LogP contribution is -1.89. The van der Waals surface area contributed by atoms with Crippen LogP contribution in [0.5, 0.6) is 0 Å². The Balaban J connectivity index is 2.07. The third-order valence-corrected chi connectivity index (χ3v) is 3.15. The molecule has 0 bridgehead atoms. The van der Waals surface area contributed by atoms with E-state index in [9.17, 15) is 4.39 Å². The van der Waals surface area contributed by atoms with Gasteiger partial charge in [0, 0.05) is 16.1 Å². The lowest BCUT2D eigenvalue weighted by atomic mass is 10.1. The van der Waals surface area contributed by atoms with Crippen molar-refractivity contribution in [2.75, 3.05) is 0 Å². The normalized spacial score (nSPS) is 10.7. The molecule has 0 unspecified atom stereocenters. The zero-order chi connectivity index (χ0) is 14.1. The molecule has 0 spiro atoms. The second-order valence-electron chi connectivity index (χ2n) is 4.27. The molecule has 1 heterocycles. The summed E-state index contributed by atoms with van der Waals surface area (Å²) in [6.45, 7) is 0. The van der Waals surface area contributed by atoms with E-state index < -0.39 is 5.82 Å². The maximum Gasteiger partial charge on any atom is 0.227 e. The number of nitriles is 1. The quantitative estimate of drug-likeness (QED) is 0.703. The third-order valence-electron chi connectivity index (χ3n) is 2.92. The summed E-state index contributed by atoms with van der Waals surface area (Å²) in [5.74, 6) is -0.117. The van der Waals surface area contributed by atoms with Crippen molar-refractivity contribution in [3.8, 4) is 17.5 Å². The van der Waals surface area contributed by atoms with Gasteiger partial charge in [-0.15, -0.1) is 0 Å². The molecule has 98 valence electrons. The molecule has 0 aliphatic carbocycles. The Labute approximate surface area is 119 Å². The van der Waals surface area contributed by atoms with E-state index in [1.807, 2.05) is 6.07 Å². The van der Waals surface area contributed by atoms with Crippen LogP contribution in [0, 0.1) is 17.1 Å². The number of aromatic nitrogens is 1. The van der Waals surface area contributed by atoms with Gasteiger partial charge in [0.2, 0.25) is 5.89 Å². The molecule has 3 nitrogen and oxygen atoms in total. The summed E-state index contributed by atoms with van der Waals surface area (Å²) in [6, 6.07) is 11.6. The van der Waals surface area contributed by atoms with E-state index in [0.717, 1.165) is 0 Å². The summed E-state index contributed by atoms with van der Waals surface area (Å²) in [5.41, 5.74) is 2.09. The van der Waals surface area contributed by atoms with Crippen molar-refractivity contribution >= 4 is 22.7 Å². The zero-order valence-corrected chi connectivity index (χ0v) is 11.0. The maximum atomic E-state index is 13.8. The van der Waals surface area contributed by atoms with Crippen LogP contribution in [0.3, 0.4) is 0 Å². The van der Waals surface area contributed by atoms with Gasteiger partial charge in [-0.2, -0.15) is 5.26 Å². The van der Waals surface area contributed by atoms with Gasteiger partial charge in [0.15, 0.2) is 5.58 Å². The third kappa shape index (κ3) is 2.24. The van der Waals surface area contributed by atoms with Crippen LogP contribution in [0.1, 0.15) is 5.56 Å². The highest BCUT2D eigenvalue weighted by molar-refractivity contribution is 6.31. The zero-order valence-electron chi connectivity index (χ0n) is 10.2. The van der Waals surface area contributed by atoms with Gasteiger partial charge in [0.05, 0.1) is 12.5 Å². The van der Waals surface area contributed by atoms with E-state index >= 15 is 0 Å². The Bertz CT molecular complexity index is 835. The highest BCUT2D eigenvalue weighted by Crippen LogP contribution is 2.27. The van der Waals surface area contributed by atoms with E-state index in [1.165, 1.54) is 6.07 Å². The molecule has 0 fully saturated rings. The van der Waals surface area contributed by atoms with Gasteiger partial charge in [0.25, 0.3) is 0 Å². The number of nitrogens with zero attached hydrogens (tertiary/aromatic N) is 2. The fraction of sp³-hybridized carbons (Fsp3) is 0.0667. The largest absolute Gasteiger partial charge is 0.436 e. The highest BCUT2D eigenvalue weighted by Gasteiger charge is 2.11. The minimum absolute atomic E-state index is 0.0370. The molecule has 0 aliphatic heterocycles. The molecule has 0 aliphatic rings. The van der Waals surface area contributed by atoms with E-state index in [4.69, 9.17) is 21.3 Å². The average Bonchev–Trinajstić information content (AvgIpc) is 2.84. The minimum Gasteiger partial charge on any atom is -0.436 e. The SMILES string of the molecule is N#CCc1ccc(-c2nc3cc(Cl)ccc3o2)cc1F. The molecule has 20 heavy (non-hydrogen) atoms. The predicted octanol–water partition coefficient (Wildman–Crippen LogP) is 4.35. The number of fused-ring (bicyclic) bond motifs is 1. The lowest BCUT2D eigenvalue weighted by molar-refractivity contribution is 0.605. The minimum atomic E-state index is -0.440. The number of rotatable bonds is 2. The first-order valence-electron chi connectivity index (χ1n) is 5.89. The molecular formula is C15H8ClFN2O. The molecule has 0 radical (unpaired) electrons. The smallest absolute Gasteiger partial charge is 0.227 e. The van der Waals surface area contributed by atoms with Gasteiger partial charge in [-0.3, -0.25) is 0 Å². The molecule has 1 aromatic heterocycles. The van der Waals surface area contributed by atoms with Gasteiger partial charge in [-0.05, 0) is 30.3 Å². The Morgan fingerprint density at radius 1 is 1.25 bits per heavy atom. The Morgan fingerprint density at radius 3 is 2.85 bits per heavy atom. The first-order chi connectivity index (χ1) is 9.67. The van der Waals surface area contributed by atoms with Gasteiger partial charge < -0.3 is 4.42 Å². The summed E-state index contributed by atoms with van der Waals surface area (Å²) >= 11 is 5.88. The fourth-order valence-electron chi connectivity index (χ4n) is 1.93. The molecule has 0 saturated heterocycles. The van der Waals surface area contributed by atoms with Crippen LogP contribution in [0.15, 0.2) is 40.8 Å². The second-order valence-corrected chi connectivity index (χ2v) is 4.71. The average molecular weight is 287 g/mol. The van der Waals surface area contributed by atoms with E-state index in [2.05, 4.69) is 4.98 Å². The van der Waals surface area contributed by atoms with Crippen molar-refractivity contribution in [1.29, 1.82) is 5.26 Å². The van der Waals surface area contributed by atoms with Crippen LogP contribution >= 0.6 is 11.6 Å². The standard InChI is InChI=1S/C15H8ClFN2O/c16-11-3-4-14-13(8-11)19-15(20-14)10-2-1-9(5-6-18)12(17)7-10/h1-4,7-8H,5H2. The van der Waals surface area contributed by atoms with E-state index in [1.54, 1.807) is 30.3 Å². The van der Waals surface area contributed by atoms with Crippen molar-refractivity contribution in [2.24, 2.45) is 0 Å². The molecule has 0 saturated carbocycles. The summed E-state index contributed by atoms with van der Waals surface area (Å²) in [7, 11) is 0. The van der Waals surface area contributed by atoms with E-state index in [0.29, 0.717) is 33.1 Å². The van der Waals surface area contributed by atoms with Crippen molar-refractivity contribution in [3.63, 3.8) is 0 Å². The second kappa shape index (κ2) is 4.95. The van der Waals surface area contributed by atoms with Crippen LogP contribution in [-0.4, -0.2) is 4.98 Å². The van der Waals surface area contributed by atoms with Crippen LogP contribution < -0.4 is 0 Å². The monoisotopic (exact) mass is 286 g/mol. The Hall–Kier alpha value is -2.38. The van der Waals surface area contributed by atoms with Crippen LogP contribution in [0.25, 0.3) is 22.6 Å². The van der Waals surface area contributed by atoms with Crippen molar-refractivity contribution in [3.05, 3.63) is 52.8 Å². The molecule has 0 atom stereocenters. The van der Waals surface area contributed by atoms with Crippen molar-refractivity contribution in [2.45, 2.75) is 6.42 Å². The van der Waals surface area contributed by atoms with Gasteiger partial charge in [0.1, 0.15) is 11.3 Å². The first-order valence-corrected chi connectivity index (χ1v) is 6.27.